The van der Waals surface area contributed by atoms with E-state index < -0.39 is 47.2 Å². The highest BCUT2D eigenvalue weighted by molar-refractivity contribution is 6.37. The molecular formula is C40H66N6O6. The van der Waals surface area contributed by atoms with Gasteiger partial charge in [-0.3, -0.25) is 24.0 Å². The van der Waals surface area contributed by atoms with Crippen molar-refractivity contribution in [3.63, 3.8) is 0 Å². The molecule has 292 valence electrons. The number of urea groups is 1. The maximum absolute atomic E-state index is 14.9. The van der Waals surface area contributed by atoms with Crippen LogP contribution in [0.15, 0.2) is 0 Å². The Bertz CT molecular complexity index is 1470. The number of fused-ring (bicyclic) bond motifs is 1. The number of amides is 6. The summed E-state index contributed by atoms with van der Waals surface area (Å²) in [7, 11) is 0. The van der Waals surface area contributed by atoms with E-state index in [2.05, 4.69) is 43.6 Å². The monoisotopic (exact) mass is 727 g/mol. The molecule has 3 saturated carbocycles. The average Bonchev–Trinajstić information content (AvgIpc) is 3.19. The van der Waals surface area contributed by atoms with Gasteiger partial charge in [0, 0.05) is 31.5 Å². The van der Waals surface area contributed by atoms with Gasteiger partial charge in [0.15, 0.2) is 0 Å². The Morgan fingerprint density at radius 1 is 0.865 bits per heavy atom. The lowest BCUT2D eigenvalue weighted by Crippen LogP contribution is -2.62. The number of carbonyl (C=O) groups excluding carboxylic acids is 6. The average molecular weight is 727 g/mol. The summed E-state index contributed by atoms with van der Waals surface area (Å²) in [6, 6.07) is -3.79. The van der Waals surface area contributed by atoms with E-state index in [0.29, 0.717) is 38.9 Å². The normalized spacial score (nSPS) is 28.0. The van der Waals surface area contributed by atoms with Crippen molar-refractivity contribution in [2.45, 2.75) is 158 Å². The second-order valence-corrected chi connectivity index (χ2v) is 20.4. The highest BCUT2D eigenvalue weighted by Crippen LogP contribution is 2.88. The fraction of sp³-hybridized carbons (Fsp3) is 0.850. The van der Waals surface area contributed by atoms with Crippen molar-refractivity contribution in [3.8, 4) is 0 Å². The predicted molar refractivity (Wildman–Crippen MR) is 198 cm³/mol. The number of nitrogens with zero attached hydrogens (tertiary/aromatic N) is 2. The molecule has 5 fully saturated rings. The third-order valence-electron chi connectivity index (χ3n) is 14.3. The van der Waals surface area contributed by atoms with Gasteiger partial charge in [0.25, 0.3) is 5.91 Å². The minimum Gasteiger partial charge on any atom is -0.363 e. The van der Waals surface area contributed by atoms with Gasteiger partial charge < -0.3 is 31.5 Å². The van der Waals surface area contributed by atoms with Crippen LogP contribution in [0, 0.1) is 38.4 Å². The van der Waals surface area contributed by atoms with Crippen molar-refractivity contribution in [2.24, 2.45) is 44.1 Å². The number of nitrogens with two attached hydrogens (primary N) is 1. The summed E-state index contributed by atoms with van der Waals surface area (Å²) in [6.07, 6.45) is 8.21. The number of ketones is 1. The van der Waals surface area contributed by atoms with Crippen molar-refractivity contribution in [1.82, 2.24) is 25.8 Å². The molecule has 52 heavy (non-hydrogen) atoms. The van der Waals surface area contributed by atoms with Crippen LogP contribution in [0.1, 0.15) is 133 Å². The molecule has 0 aromatic carbocycles. The molecule has 6 amide bonds. The summed E-state index contributed by atoms with van der Waals surface area (Å²) in [5.41, 5.74) is 3.92. The van der Waals surface area contributed by atoms with Gasteiger partial charge in [-0.25, -0.2) is 4.79 Å². The lowest BCUT2D eigenvalue weighted by molar-refractivity contribution is -0.143. The van der Waals surface area contributed by atoms with Crippen LogP contribution in [0.25, 0.3) is 0 Å². The maximum atomic E-state index is 14.9. The van der Waals surface area contributed by atoms with Crippen molar-refractivity contribution in [1.29, 1.82) is 0 Å². The summed E-state index contributed by atoms with van der Waals surface area (Å²) in [5, 5.41) is 8.98. The number of carbonyl (C=O) groups is 6. The number of rotatable bonds is 11. The molecule has 0 aromatic heterocycles. The zero-order chi connectivity index (χ0) is 38.8. The van der Waals surface area contributed by atoms with E-state index in [1.165, 1.54) is 0 Å². The largest absolute Gasteiger partial charge is 0.363 e. The number of nitrogens with one attached hydrogen (secondary N) is 3. The molecule has 2 heterocycles. The third kappa shape index (κ3) is 7.20. The Morgan fingerprint density at radius 2 is 1.50 bits per heavy atom. The first-order chi connectivity index (χ1) is 23.9. The summed E-state index contributed by atoms with van der Waals surface area (Å²) in [6.45, 7) is 21.7. The Morgan fingerprint density at radius 3 is 1.96 bits per heavy atom. The zero-order valence-electron chi connectivity index (χ0n) is 33.5. The predicted octanol–water partition coefficient (Wildman–Crippen LogP) is 4.29. The van der Waals surface area contributed by atoms with Crippen molar-refractivity contribution in [2.75, 3.05) is 19.6 Å². The van der Waals surface area contributed by atoms with Crippen molar-refractivity contribution in [3.05, 3.63) is 0 Å². The molecule has 2 unspecified atom stereocenters. The fourth-order valence-electron chi connectivity index (χ4n) is 10.1. The van der Waals surface area contributed by atoms with Gasteiger partial charge >= 0.3 is 6.03 Å². The molecule has 2 saturated heterocycles. The van der Waals surface area contributed by atoms with Crippen LogP contribution in [-0.4, -0.2) is 89.0 Å². The Kier molecular flexibility index (Phi) is 10.5. The first-order valence-electron chi connectivity index (χ1n) is 19.7. The van der Waals surface area contributed by atoms with Crippen LogP contribution >= 0.6 is 0 Å². The second kappa shape index (κ2) is 13.6. The summed E-state index contributed by atoms with van der Waals surface area (Å²) in [4.78, 5) is 84.5. The SMILES string of the molecule is CC1(C)CCN(C[C@@H](NC(=O)N[C@@H](C(=O)N2CC3(C[C@H]2C(=O)NC(CC2CCC2)C(=O)C(N)=O)C(C)(C)C32CCC2)C(C)(C)C)C(C)(C)C)C(=O)C1. The standard InChI is InChI=1S/C40H66N6O6/c1-35(2,3)27(22-45-18-17-37(7,8)21-28(45)47)43-34(52)44-30(36(4,5)6)33(51)46-23-40(38(9,10)39(40)15-12-16-39)20-26(46)32(50)42-25(29(48)31(41)49)19-24-13-11-14-24/h24-27,30H,11-23H2,1-10H3,(H2,41,49)(H,42,50)(H2,43,44,52)/t25?,26-,27+,30-,40?/m0/s1. The smallest absolute Gasteiger partial charge is 0.315 e. The molecule has 12 heteroatoms. The molecule has 2 aliphatic heterocycles. The van der Waals surface area contributed by atoms with E-state index in [1.807, 2.05) is 46.4 Å². The summed E-state index contributed by atoms with van der Waals surface area (Å²) < 4.78 is 0. The molecular weight excluding hydrogens is 660 g/mol. The van der Waals surface area contributed by atoms with Gasteiger partial charge in [-0.05, 0) is 65.1 Å². The summed E-state index contributed by atoms with van der Waals surface area (Å²) in [5.74, 6) is -2.41. The van der Waals surface area contributed by atoms with E-state index in [-0.39, 0.29) is 50.8 Å². The molecule has 5 rings (SSSR count). The van der Waals surface area contributed by atoms with Gasteiger partial charge in [-0.1, -0.05) is 94.9 Å². The van der Waals surface area contributed by atoms with E-state index in [1.54, 1.807) is 4.90 Å². The number of hydrogen-bond acceptors (Lipinski definition) is 6. The molecule has 0 bridgehead atoms. The number of Topliss-reactive ketones (excluding diaryl/α,β-unsaturated/α-hetero) is 1. The van der Waals surface area contributed by atoms with Crippen LogP contribution in [0.4, 0.5) is 4.79 Å². The molecule has 2 spiro atoms. The Labute approximate surface area is 310 Å². The van der Waals surface area contributed by atoms with Gasteiger partial charge in [0.1, 0.15) is 12.1 Å². The van der Waals surface area contributed by atoms with Crippen LogP contribution in [0.2, 0.25) is 0 Å². The van der Waals surface area contributed by atoms with E-state index in [4.69, 9.17) is 5.73 Å². The third-order valence-corrected chi connectivity index (χ3v) is 14.3. The zero-order valence-corrected chi connectivity index (χ0v) is 33.5. The van der Waals surface area contributed by atoms with E-state index >= 15 is 0 Å². The lowest BCUT2D eigenvalue weighted by atomic mass is 9.73. The summed E-state index contributed by atoms with van der Waals surface area (Å²) >= 11 is 0. The number of likely N-dealkylation sites (tertiary alicyclic amines) is 2. The van der Waals surface area contributed by atoms with Gasteiger partial charge in [-0.2, -0.15) is 0 Å². The number of piperidine rings is 1. The van der Waals surface area contributed by atoms with Crippen LogP contribution in [0.5, 0.6) is 0 Å². The molecule has 0 aromatic rings. The highest BCUT2D eigenvalue weighted by atomic mass is 16.2. The topological polar surface area (TPSA) is 171 Å². The van der Waals surface area contributed by atoms with E-state index in [9.17, 15) is 28.8 Å². The second-order valence-electron chi connectivity index (χ2n) is 20.4. The van der Waals surface area contributed by atoms with E-state index in [0.717, 1.165) is 44.9 Å². The maximum Gasteiger partial charge on any atom is 0.315 e. The molecule has 0 radical (unpaired) electrons. The fourth-order valence-corrected chi connectivity index (χ4v) is 10.1. The first-order valence-corrected chi connectivity index (χ1v) is 19.7. The lowest BCUT2D eigenvalue weighted by Gasteiger charge is -2.41. The number of hydrogen-bond donors (Lipinski definition) is 4. The van der Waals surface area contributed by atoms with Gasteiger partial charge in [-0.15, -0.1) is 0 Å². The van der Waals surface area contributed by atoms with Crippen molar-refractivity contribution < 1.29 is 28.8 Å². The Balaban J connectivity index is 1.37. The highest BCUT2D eigenvalue weighted by Gasteiger charge is 2.85. The van der Waals surface area contributed by atoms with Crippen LogP contribution in [-0.2, 0) is 24.0 Å². The van der Waals surface area contributed by atoms with Gasteiger partial charge in [0.2, 0.25) is 23.5 Å². The number of primary amides is 1. The quantitative estimate of drug-likeness (QED) is 0.232. The minimum absolute atomic E-state index is 0.0327. The minimum atomic E-state index is -1.08. The van der Waals surface area contributed by atoms with Crippen LogP contribution < -0.4 is 21.7 Å². The van der Waals surface area contributed by atoms with Crippen molar-refractivity contribution >= 4 is 35.4 Å². The molecule has 5 atom stereocenters. The molecule has 3 aliphatic carbocycles. The van der Waals surface area contributed by atoms with Crippen LogP contribution in [0.3, 0.4) is 0 Å². The molecule has 5 aliphatic rings. The van der Waals surface area contributed by atoms with Gasteiger partial charge in [0.05, 0.1) is 12.1 Å². The molecule has 5 N–H and O–H groups in total. The molecule has 12 nitrogen and oxygen atoms in total. The Hall–Kier alpha value is -3.18. The first kappa shape index (κ1) is 40.0.